The molecule has 1 nitrogen and oxygen atoms in total. The Labute approximate surface area is 80.1 Å². The largest absolute Gasteiger partial charge is 0.392 e. The number of hydrogen-bond acceptors (Lipinski definition) is 1. The van der Waals surface area contributed by atoms with Crippen LogP contribution in [0.3, 0.4) is 0 Å². The van der Waals surface area contributed by atoms with Crippen molar-refractivity contribution in [3.05, 3.63) is 0 Å². The van der Waals surface area contributed by atoms with Crippen LogP contribution in [0, 0.1) is 11.3 Å². The Morgan fingerprint density at radius 3 is 2.25 bits per heavy atom. The molecule has 0 saturated heterocycles. The highest BCUT2D eigenvalue weighted by molar-refractivity contribution is 6.21. The molecule has 0 spiro atoms. The number of alkyl halides is 1. The molecule has 3 atom stereocenters. The van der Waals surface area contributed by atoms with Gasteiger partial charge in [-0.1, -0.05) is 20.8 Å². The van der Waals surface area contributed by atoms with Crippen molar-refractivity contribution in [3.63, 3.8) is 0 Å². The highest BCUT2D eigenvalue weighted by Crippen LogP contribution is 2.39. The Bertz CT molecular complexity index is 150. The van der Waals surface area contributed by atoms with Crippen LogP contribution in [0.15, 0.2) is 0 Å². The van der Waals surface area contributed by atoms with Gasteiger partial charge in [0.15, 0.2) is 0 Å². The van der Waals surface area contributed by atoms with Crippen LogP contribution in [0.5, 0.6) is 0 Å². The molecule has 2 heteroatoms. The maximum absolute atomic E-state index is 9.43. The molecule has 1 fully saturated rings. The van der Waals surface area contributed by atoms with E-state index in [4.69, 9.17) is 11.6 Å². The summed E-state index contributed by atoms with van der Waals surface area (Å²) >= 11 is 6.02. The highest BCUT2D eigenvalue weighted by atomic mass is 35.5. The van der Waals surface area contributed by atoms with Crippen LogP contribution >= 0.6 is 11.6 Å². The van der Waals surface area contributed by atoms with Crippen LogP contribution in [-0.2, 0) is 0 Å². The minimum atomic E-state index is -0.273. The van der Waals surface area contributed by atoms with E-state index in [1.165, 1.54) is 0 Å². The lowest BCUT2D eigenvalue weighted by atomic mass is 9.72. The summed E-state index contributed by atoms with van der Waals surface area (Å²) in [5.74, 6) is 0.670. The van der Waals surface area contributed by atoms with Gasteiger partial charge >= 0.3 is 0 Å². The summed E-state index contributed by atoms with van der Waals surface area (Å²) in [6, 6.07) is 0. The second-order valence-corrected chi connectivity index (χ2v) is 5.52. The quantitative estimate of drug-likeness (QED) is 0.583. The van der Waals surface area contributed by atoms with Crippen LogP contribution in [0.4, 0.5) is 0 Å². The van der Waals surface area contributed by atoms with E-state index in [0.29, 0.717) is 11.3 Å². The molecule has 0 bridgehead atoms. The molecule has 72 valence electrons. The highest BCUT2D eigenvalue weighted by Gasteiger charge is 2.33. The third-order valence-corrected chi connectivity index (χ3v) is 3.43. The fourth-order valence-corrected chi connectivity index (χ4v) is 2.23. The van der Waals surface area contributed by atoms with Gasteiger partial charge in [0, 0.05) is 0 Å². The summed E-state index contributed by atoms with van der Waals surface area (Å²) < 4.78 is 0. The lowest BCUT2D eigenvalue weighted by Gasteiger charge is -2.37. The first-order valence-electron chi connectivity index (χ1n) is 4.73. The SMILES string of the molecule is CC(C)(C)C1CCC(O)C(Cl)C1. The second kappa shape index (κ2) is 3.55. The van der Waals surface area contributed by atoms with Crippen LogP contribution in [-0.4, -0.2) is 16.6 Å². The first kappa shape index (κ1) is 10.3. The smallest absolute Gasteiger partial charge is 0.0703 e. The van der Waals surface area contributed by atoms with Crippen molar-refractivity contribution in [1.29, 1.82) is 0 Å². The summed E-state index contributed by atoms with van der Waals surface area (Å²) in [5, 5.41) is 9.40. The predicted molar refractivity (Wildman–Crippen MR) is 52.4 cm³/mol. The maximum atomic E-state index is 9.43. The molecule has 0 aliphatic heterocycles. The second-order valence-electron chi connectivity index (χ2n) is 4.96. The van der Waals surface area contributed by atoms with Crippen molar-refractivity contribution in [1.82, 2.24) is 0 Å². The van der Waals surface area contributed by atoms with E-state index >= 15 is 0 Å². The van der Waals surface area contributed by atoms with E-state index in [1.54, 1.807) is 0 Å². The van der Waals surface area contributed by atoms with Gasteiger partial charge in [-0.2, -0.15) is 0 Å². The Hall–Kier alpha value is 0.250. The summed E-state index contributed by atoms with van der Waals surface area (Å²) in [5.41, 5.74) is 0.341. The zero-order valence-corrected chi connectivity index (χ0v) is 8.93. The van der Waals surface area contributed by atoms with Gasteiger partial charge in [0.1, 0.15) is 0 Å². The molecule has 0 aromatic heterocycles. The van der Waals surface area contributed by atoms with Gasteiger partial charge in [-0.3, -0.25) is 0 Å². The molecule has 0 amide bonds. The lowest BCUT2D eigenvalue weighted by molar-refractivity contribution is 0.0765. The van der Waals surface area contributed by atoms with Crippen molar-refractivity contribution in [2.45, 2.75) is 51.5 Å². The van der Waals surface area contributed by atoms with Crippen LogP contribution in [0.1, 0.15) is 40.0 Å². The van der Waals surface area contributed by atoms with E-state index in [-0.39, 0.29) is 11.5 Å². The van der Waals surface area contributed by atoms with Gasteiger partial charge in [0.25, 0.3) is 0 Å². The molecule has 1 aliphatic rings. The third kappa shape index (κ3) is 2.37. The normalized spacial score (nSPS) is 38.2. The summed E-state index contributed by atoms with van der Waals surface area (Å²) in [6.45, 7) is 6.75. The maximum Gasteiger partial charge on any atom is 0.0703 e. The molecular weight excluding hydrogens is 172 g/mol. The number of aliphatic hydroxyl groups excluding tert-OH is 1. The van der Waals surface area contributed by atoms with Crippen molar-refractivity contribution in [2.24, 2.45) is 11.3 Å². The van der Waals surface area contributed by atoms with E-state index in [2.05, 4.69) is 20.8 Å². The fraction of sp³-hybridized carbons (Fsp3) is 1.00. The first-order valence-corrected chi connectivity index (χ1v) is 5.17. The van der Waals surface area contributed by atoms with Crippen LogP contribution in [0.25, 0.3) is 0 Å². The van der Waals surface area contributed by atoms with Crippen molar-refractivity contribution >= 4 is 11.6 Å². The van der Waals surface area contributed by atoms with Gasteiger partial charge in [0.05, 0.1) is 11.5 Å². The van der Waals surface area contributed by atoms with Gasteiger partial charge in [-0.05, 0) is 30.6 Å². The van der Waals surface area contributed by atoms with Crippen molar-refractivity contribution in [2.75, 3.05) is 0 Å². The Morgan fingerprint density at radius 1 is 1.25 bits per heavy atom. The Morgan fingerprint density at radius 2 is 1.83 bits per heavy atom. The van der Waals surface area contributed by atoms with E-state index in [1.807, 2.05) is 0 Å². The predicted octanol–water partition coefficient (Wildman–Crippen LogP) is 2.80. The minimum Gasteiger partial charge on any atom is -0.392 e. The molecule has 12 heavy (non-hydrogen) atoms. The zero-order chi connectivity index (χ0) is 9.35. The first-order chi connectivity index (χ1) is 5.41. The molecule has 1 saturated carbocycles. The van der Waals surface area contributed by atoms with Crippen LogP contribution in [0.2, 0.25) is 0 Å². The van der Waals surface area contributed by atoms with E-state index < -0.39 is 0 Å². The average Bonchev–Trinajstić information content (AvgIpc) is 1.92. The molecule has 3 unspecified atom stereocenters. The lowest BCUT2D eigenvalue weighted by Crippen LogP contribution is -2.35. The number of aliphatic hydroxyl groups is 1. The zero-order valence-electron chi connectivity index (χ0n) is 8.18. The summed E-state index contributed by atoms with van der Waals surface area (Å²) in [6.07, 6.45) is 2.68. The number of rotatable bonds is 0. The van der Waals surface area contributed by atoms with Gasteiger partial charge < -0.3 is 5.11 Å². The van der Waals surface area contributed by atoms with Gasteiger partial charge in [-0.25, -0.2) is 0 Å². The minimum absolute atomic E-state index is 0.0250. The average molecular weight is 191 g/mol. The monoisotopic (exact) mass is 190 g/mol. The molecule has 0 radical (unpaired) electrons. The number of hydrogen-bond donors (Lipinski definition) is 1. The molecule has 1 rings (SSSR count). The number of halogens is 1. The fourth-order valence-electron chi connectivity index (χ4n) is 1.89. The molecule has 0 aromatic carbocycles. The molecular formula is C10H19ClO. The van der Waals surface area contributed by atoms with Gasteiger partial charge in [0.2, 0.25) is 0 Å². The Balaban J connectivity index is 2.51. The van der Waals surface area contributed by atoms with Crippen LogP contribution < -0.4 is 0 Å². The third-order valence-electron chi connectivity index (χ3n) is 2.96. The standard InChI is InChI=1S/C10H19ClO/c1-10(2,3)7-4-5-9(12)8(11)6-7/h7-9,12H,4-6H2,1-3H3. The molecule has 1 N–H and O–H groups in total. The molecule has 1 aliphatic carbocycles. The Kier molecular flexibility index (Phi) is 3.06. The van der Waals surface area contributed by atoms with E-state index in [0.717, 1.165) is 19.3 Å². The van der Waals surface area contributed by atoms with Gasteiger partial charge in [-0.15, -0.1) is 11.6 Å². The molecule has 0 heterocycles. The summed E-state index contributed by atoms with van der Waals surface area (Å²) in [4.78, 5) is 0. The van der Waals surface area contributed by atoms with Crippen molar-refractivity contribution in [3.8, 4) is 0 Å². The molecule has 0 aromatic rings. The van der Waals surface area contributed by atoms with E-state index in [9.17, 15) is 5.11 Å². The topological polar surface area (TPSA) is 20.2 Å². The summed E-state index contributed by atoms with van der Waals surface area (Å²) in [7, 11) is 0. The van der Waals surface area contributed by atoms with Crippen molar-refractivity contribution < 1.29 is 5.11 Å².